The van der Waals surface area contributed by atoms with Crippen LogP contribution in [0.5, 0.6) is 5.75 Å². The lowest BCUT2D eigenvalue weighted by Crippen LogP contribution is -2.17. The second kappa shape index (κ2) is 5.26. The van der Waals surface area contributed by atoms with Gasteiger partial charge in [-0.15, -0.1) is 0 Å². The van der Waals surface area contributed by atoms with Gasteiger partial charge < -0.3 is 10.2 Å². The number of sulfonamides is 1. The number of nitrogens with zero attached hydrogens (tertiary/aromatic N) is 1. The predicted octanol–water partition coefficient (Wildman–Crippen LogP) is 1.58. The molecule has 0 saturated carbocycles. The molecule has 0 spiro atoms. The summed E-state index contributed by atoms with van der Waals surface area (Å²) >= 11 is 5.68. The molecule has 112 valence electrons. The predicted molar refractivity (Wildman–Crippen MR) is 74.2 cm³/mol. The minimum atomic E-state index is -4.17. The number of nitrogens with one attached hydrogen (secondary N) is 2. The van der Waals surface area contributed by atoms with E-state index in [1.54, 1.807) is 0 Å². The largest absolute Gasteiger partial charge is 0.506 e. The number of phenols is 1. The van der Waals surface area contributed by atoms with Crippen molar-refractivity contribution in [1.29, 1.82) is 0 Å². The Morgan fingerprint density at radius 3 is 2.67 bits per heavy atom. The van der Waals surface area contributed by atoms with E-state index in [-0.39, 0.29) is 22.2 Å². The second-order valence-electron chi connectivity index (χ2n) is 4.10. The number of benzene rings is 1. The first-order chi connectivity index (χ1) is 9.72. The van der Waals surface area contributed by atoms with Gasteiger partial charge in [0.2, 0.25) is 0 Å². The summed E-state index contributed by atoms with van der Waals surface area (Å²) in [6, 6.07) is 3.69. The summed E-state index contributed by atoms with van der Waals surface area (Å²) < 4.78 is 26.7. The van der Waals surface area contributed by atoms with Crippen LogP contribution in [0.4, 0.5) is 5.69 Å². The Bertz CT molecular complexity index is 815. The van der Waals surface area contributed by atoms with Gasteiger partial charge in [-0.25, -0.2) is 13.2 Å². The van der Waals surface area contributed by atoms with Crippen LogP contribution >= 0.6 is 11.6 Å². The molecule has 21 heavy (non-hydrogen) atoms. The number of aromatic amines is 1. The Morgan fingerprint density at radius 2 is 2.10 bits per heavy atom. The quantitative estimate of drug-likeness (QED) is 0.629. The molecule has 0 fully saturated rings. The molecular weight excluding hydrogens is 322 g/mol. The number of aromatic hydroxyl groups is 1. The maximum absolute atomic E-state index is 12.3. The van der Waals surface area contributed by atoms with E-state index in [1.165, 1.54) is 25.1 Å². The van der Waals surface area contributed by atoms with Gasteiger partial charge in [0.05, 0.1) is 16.4 Å². The van der Waals surface area contributed by atoms with Crippen molar-refractivity contribution < 1.29 is 23.4 Å². The summed E-state index contributed by atoms with van der Waals surface area (Å²) in [7, 11) is -4.17. The number of carbonyl (C=O) groups is 1. The van der Waals surface area contributed by atoms with Crippen LogP contribution in [0, 0.1) is 6.92 Å². The molecule has 0 aliphatic carbocycles. The number of hydrogen-bond acceptors (Lipinski definition) is 5. The Morgan fingerprint density at radius 1 is 1.43 bits per heavy atom. The van der Waals surface area contributed by atoms with Crippen LogP contribution in [0.15, 0.2) is 23.1 Å². The number of hydrogen-bond donors (Lipinski definition) is 4. The van der Waals surface area contributed by atoms with Crippen molar-refractivity contribution in [1.82, 2.24) is 10.2 Å². The van der Waals surface area contributed by atoms with E-state index in [0.29, 0.717) is 0 Å². The average molecular weight is 332 g/mol. The maximum Gasteiger partial charge on any atom is 0.357 e. The lowest BCUT2D eigenvalue weighted by molar-refractivity contribution is 0.0686. The van der Waals surface area contributed by atoms with E-state index >= 15 is 0 Å². The minimum Gasteiger partial charge on any atom is -0.506 e. The Hall–Kier alpha value is -2.26. The highest BCUT2D eigenvalue weighted by atomic mass is 35.5. The monoisotopic (exact) mass is 331 g/mol. The zero-order valence-corrected chi connectivity index (χ0v) is 12.2. The SMILES string of the molecule is Cc1[nH]nc(C(=O)O)c1S(=O)(=O)Nc1ccc(O)c(Cl)c1. The minimum absolute atomic E-state index is 0.0439. The van der Waals surface area contributed by atoms with E-state index in [9.17, 15) is 18.3 Å². The van der Waals surface area contributed by atoms with Crippen molar-refractivity contribution >= 4 is 33.3 Å². The Balaban J connectivity index is 2.45. The average Bonchev–Trinajstić information content (AvgIpc) is 2.76. The van der Waals surface area contributed by atoms with Crippen LogP contribution in [0.1, 0.15) is 16.2 Å². The summed E-state index contributed by atoms with van der Waals surface area (Å²) in [6.07, 6.45) is 0. The molecule has 2 rings (SSSR count). The molecular formula is C11H10ClN3O5S. The van der Waals surface area contributed by atoms with Crippen LogP contribution in [0.25, 0.3) is 0 Å². The van der Waals surface area contributed by atoms with E-state index in [4.69, 9.17) is 16.7 Å². The molecule has 0 amide bonds. The van der Waals surface area contributed by atoms with Gasteiger partial charge in [-0.05, 0) is 25.1 Å². The molecule has 0 radical (unpaired) electrons. The number of carboxylic acid groups (broad SMARTS) is 1. The first-order valence-corrected chi connectivity index (χ1v) is 7.38. The van der Waals surface area contributed by atoms with Gasteiger partial charge in [0, 0.05) is 0 Å². The number of aryl methyl sites for hydroxylation is 1. The number of carboxylic acids is 1. The van der Waals surface area contributed by atoms with Crippen LogP contribution in [-0.2, 0) is 10.0 Å². The van der Waals surface area contributed by atoms with Crippen molar-refractivity contribution in [2.45, 2.75) is 11.8 Å². The highest BCUT2D eigenvalue weighted by Crippen LogP contribution is 2.28. The lowest BCUT2D eigenvalue weighted by atomic mass is 10.3. The fourth-order valence-electron chi connectivity index (χ4n) is 1.67. The van der Waals surface area contributed by atoms with Gasteiger partial charge in [-0.1, -0.05) is 11.6 Å². The zero-order valence-electron chi connectivity index (χ0n) is 10.6. The third-order valence-corrected chi connectivity index (χ3v) is 4.41. The summed E-state index contributed by atoms with van der Waals surface area (Å²) in [5.41, 5.74) is -0.440. The van der Waals surface area contributed by atoms with Crippen molar-refractivity contribution in [3.63, 3.8) is 0 Å². The molecule has 10 heteroatoms. The highest BCUT2D eigenvalue weighted by molar-refractivity contribution is 7.92. The molecule has 0 unspecified atom stereocenters. The first kappa shape index (κ1) is 15.1. The van der Waals surface area contributed by atoms with Gasteiger partial charge in [0.15, 0.2) is 5.69 Å². The molecule has 1 aromatic heterocycles. The summed E-state index contributed by atoms with van der Waals surface area (Å²) in [5, 5.41) is 24.0. The molecule has 1 aromatic carbocycles. The molecule has 0 aliphatic rings. The first-order valence-electron chi connectivity index (χ1n) is 5.52. The number of H-pyrrole nitrogens is 1. The highest BCUT2D eigenvalue weighted by Gasteiger charge is 2.28. The van der Waals surface area contributed by atoms with Crippen LogP contribution in [0.2, 0.25) is 5.02 Å². The molecule has 0 bridgehead atoms. The molecule has 0 atom stereocenters. The van der Waals surface area contributed by atoms with Crippen LogP contribution in [0.3, 0.4) is 0 Å². The molecule has 1 heterocycles. The van der Waals surface area contributed by atoms with E-state index in [2.05, 4.69) is 14.9 Å². The van der Waals surface area contributed by atoms with Gasteiger partial charge in [-0.2, -0.15) is 5.10 Å². The molecule has 0 aliphatic heterocycles. The third kappa shape index (κ3) is 2.93. The number of rotatable bonds is 4. The Kier molecular flexibility index (Phi) is 3.79. The van der Waals surface area contributed by atoms with Crippen molar-refractivity contribution in [2.24, 2.45) is 0 Å². The standard InChI is InChI=1S/C11H10ClN3O5S/c1-5-10(9(11(17)18)14-13-5)21(19,20)15-6-2-3-8(16)7(12)4-6/h2-4,15-16H,1H3,(H,13,14)(H,17,18). The summed E-state index contributed by atoms with van der Waals surface area (Å²) in [4.78, 5) is 10.5. The zero-order chi connectivity index (χ0) is 15.8. The fourth-order valence-corrected chi connectivity index (χ4v) is 3.23. The number of halogens is 1. The number of aromatic carboxylic acids is 1. The van der Waals surface area contributed by atoms with Crippen LogP contribution < -0.4 is 4.72 Å². The molecule has 4 N–H and O–H groups in total. The lowest BCUT2D eigenvalue weighted by Gasteiger charge is -2.09. The normalized spacial score (nSPS) is 11.3. The van der Waals surface area contributed by atoms with E-state index in [1.807, 2.05) is 0 Å². The molecule has 2 aromatic rings. The van der Waals surface area contributed by atoms with Crippen molar-refractivity contribution in [2.75, 3.05) is 4.72 Å². The molecule has 8 nitrogen and oxygen atoms in total. The van der Waals surface area contributed by atoms with E-state index in [0.717, 1.165) is 0 Å². The topological polar surface area (TPSA) is 132 Å². The second-order valence-corrected chi connectivity index (χ2v) is 6.13. The molecule has 0 saturated heterocycles. The fraction of sp³-hybridized carbons (Fsp3) is 0.0909. The van der Waals surface area contributed by atoms with Gasteiger partial charge in [-0.3, -0.25) is 9.82 Å². The van der Waals surface area contributed by atoms with Crippen molar-refractivity contribution in [3.8, 4) is 5.75 Å². The van der Waals surface area contributed by atoms with Gasteiger partial charge in [0.1, 0.15) is 10.6 Å². The summed E-state index contributed by atoms with van der Waals surface area (Å²) in [5.74, 6) is -1.67. The summed E-state index contributed by atoms with van der Waals surface area (Å²) in [6.45, 7) is 1.39. The number of aromatic nitrogens is 2. The maximum atomic E-state index is 12.3. The third-order valence-electron chi connectivity index (χ3n) is 2.56. The Labute approximate surface area is 124 Å². The van der Waals surface area contributed by atoms with Gasteiger partial charge in [0.25, 0.3) is 10.0 Å². The number of phenolic OH excluding ortho intramolecular Hbond substituents is 1. The van der Waals surface area contributed by atoms with Crippen molar-refractivity contribution in [3.05, 3.63) is 34.6 Å². The smallest absolute Gasteiger partial charge is 0.357 e. The van der Waals surface area contributed by atoms with E-state index < -0.39 is 26.6 Å². The van der Waals surface area contributed by atoms with Gasteiger partial charge >= 0.3 is 5.97 Å². The van der Waals surface area contributed by atoms with Crippen LogP contribution in [-0.4, -0.2) is 34.8 Å². The number of anilines is 1.